The number of carbonyl (C=O) groups excluding carboxylic acids is 1. The highest BCUT2D eigenvalue weighted by Crippen LogP contribution is 2.26. The van der Waals surface area contributed by atoms with E-state index in [1.54, 1.807) is 13.1 Å². The summed E-state index contributed by atoms with van der Waals surface area (Å²) in [5.74, 6) is -0.0445. The molecule has 3 aromatic heterocycles. The van der Waals surface area contributed by atoms with Gasteiger partial charge in [-0.2, -0.15) is 0 Å². The molecule has 0 spiro atoms. The third-order valence-corrected chi connectivity index (χ3v) is 4.33. The van der Waals surface area contributed by atoms with Crippen LogP contribution in [0.3, 0.4) is 0 Å². The van der Waals surface area contributed by atoms with Crippen LogP contribution in [0.25, 0.3) is 22.0 Å². The summed E-state index contributed by atoms with van der Waals surface area (Å²) in [6.45, 7) is 5.85. The van der Waals surface area contributed by atoms with Crippen molar-refractivity contribution in [2.75, 3.05) is 5.32 Å². The summed E-state index contributed by atoms with van der Waals surface area (Å²) < 4.78 is 5.29. The predicted molar refractivity (Wildman–Crippen MR) is 100 cm³/mol. The minimum Gasteiger partial charge on any atom is -0.336 e. The molecule has 0 aliphatic rings. The second-order valence-electron chi connectivity index (χ2n) is 6.56. The van der Waals surface area contributed by atoms with Crippen molar-refractivity contribution in [3.05, 3.63) is 59.5 Å². The summed E-state index contributed by atoms with van der Waals surface area (Å²) in [5.41, 5.74) is 3.94. The molecule has 0 atom stereocenters. The number of anilines is 1. The van der Waals surface area contributed by atoms with Gasteiger partial charge in [-0.05, 0) is 43.2 Å². The monoisotopic (exact) mass is 346 g/mol. The fraction of sp³-hybridized carbons (Fsp3) is 0.200. The third-order valence-electron chi connectivity index (χ3n) is 4.33. The zero-order valence-electron chi connectivity index (χ0n) is 14.8. The fourth-order valence-corrected chi connectivity index (χ4v) is 2.94. The summed E-state index contributed by atoms with van der Waals surface area (Å²) in [7, 11) is 0. The lowest BCUT2D eigenvalue weighted by atomic mass is 10.0. The van der Waals surface area contributed by atoms with Crippen LogP contribution in [0.15, 0.2) is 47.1 Å². The number of hydrogen-bond acceptors (Lipinski definition) is 5. The molecule has 130 valence electrons. The topological polar surface area (TPSA) is 80.9 Å². The molecule has 1 amide bonds. The van der Waals surface area contributed by atoms with Crippen molar-refractivity contribution in [1.29, 1.82) is 0 Å². The Balaban J connectivity index is 1.76. The van der Waals surface area contributed by atoms with Crippen LogP contribution in [-0.2, 0) is 0 Å². The lowest BCUT2D eigenvalue weighted by molar-refractivity contribution is 0.102. The van der Waals surface area contributed by atoms with Gasteiger partial charge in [0.15, 0.2) is 0 Å². The van der Waals surface area contributed by atoms with Gasteiger partial charge in [-0.15, -0.1) is 0 Å². The first-order valence-corrected chi connectivity index (χ1v) is 8.46. The maximum absolute atomic E-state index is 13.0. The number of nitrogens with zero attached hydrogens (tertiary/aromatic N) is 3. The number of aromatic nitrogens is 3. The first kappa shape index (κ1) is 16.2. The van der Waals surface area contributed by atoms with Crippen molar-refractivity contribution in [1.82, 2.24) is 15.1 Å². The standard InChI is InChI=1S/C20H18N4O2/c1-11(2)17-10-15(18-12(3)24-26-20(18)23-17)19(25)22-14-6-7-16-13(9-14)5-4-8-21-16/h4-11H,1-3H3,(H,22,25). The number of pyridine rings is 2. The second-order valence-corrected chi connectivity index (χ2v) is 6.56. The van der Waals surface area contributed by atoms with Crippen molar-refractivity contribution in [2.45, 2.75) is 26.7 Å². The van der Waals surface area contributed by atoms with Crippen LogP contribution >= 0.6 is 0 Å². The fourth-order valence-electron chi connectivity index (χ4n) is 2.94. The summed E-state index contributed by atoms with van der Waals surface area (Å²) in [4.78, 5) is 21.7. The van der Waals surface area contributed by atoms with Gasteiger partial charge in [0.25, 0.3) is 11.6 Å². The maximum Gasteiger partial charge on any atom is 0.259 e. The van der Waals surface area contributed by atoms with Gasteiger partial charge in [0.1, 0.15) is 0 Å². The van der Waals surface area contributed by atoms with Crippen molar-refractivity contribution in [3.63, 3.8) is 0 Å². The molecule has 0 fully saturated rings. The zero-order valence-corrected chi connectivity index (χ0v) is 14.8. The maximum atomic E-state index is 13.0. The van der Waals surface area contributed by atoms with Gasteiger partial charge in [0.2, 0.25) is 0 Å². The largest absolute Gasteiger partial charge is 0.336 e. The first-order chi connectivity index (χ1) is 12.5. The molecule has 26 heavy (non-hydrogen) atoms. The number of aryl methyl sites for hydroxylation is 1. The Kier molecular flexibility index (Phi) is 3.88. The van der Waals surface area contributed by atoms with Crippen LogP contribution in [0.4, 0.5) is 5.69 Å². The van der Waals surface area contributed by atoms with E-state index in [-0.39, 0.29) is 11.8 Å². The molecule has 0 unspecified atom stereocenters. The van der Waals surface area contributed by atoms with Gasteiger partial charge in [0.05, 0.1) is 22.2 Å². The Hall–Kier alpha value is -3.28. The molecule has 6 heteroatoms. The average molecular weight is 346 g/mol. The molecular weight excluding hydrogens is 328 g/mol. The van der Waals surface area contributed by atoms with Crippen molar-refractivity contribution >= 4 is 33.6 Å². The molecule has 0 radical (unpaired) electrons. The summed E-state index contributed by atoms with van der Waals surface area (Å²) in [6.07, 6.45) is 1.75. The minimum atomic E-state index is -0.214. The Morgan fingerprint density at radius 2 is 2.04 bits per heavy atom. The Bertz CT molecular complexity index is 1130. The number of hydrogen-bond donors (Lipinski definition) is 1. The third kappa shape index (κ3) is 2.79. The van der Waals surface area contributed by atoms with E-state index in [0.717, 1.165) is 16.6 Å². The quantitative estimate of drug-likeness (QED) is 0.592. The lowest BCUT2D eigenvalue weighted by Crippen LogP contribution is -2.13. The molecule has 3 heterocycles. The molecule has 1 N–H and O–H groups in total. The molecule has 0 saturated heterocycles. The lowest BCUT2D eigenvalue weighted by Gasteiger charge is -2.10. The normalized spacial score (nSPS) is 11.4. The smallest absolute Gasteiger partial charge is 0.259 e. The average Bonchev–Trinajstić information content (AvgIpc) is 3.02. The van der Waals surface area contributed by atoms with Gasteiger partial charge in [0, 0.05) is 23.0 Å². The summed E-state index contributed by atoms with van der Waals surface area (Å²) >= 11 is 0. The number of benzene rings is 1. The molecule has 6 nitrogen and oxygen atoms in total. The van der Waals surface area contributed by atoms with E-state index in [1.807, 2.05) is 50.2 Å². The van der Waals surface area contributed by atoms with Crippen LogP contribution in [-0.4, -0.2) is 21.0 Å². The van der Waals surface area contributed by atoms with Crippen LogP contribution < -0.4 is 5.32 Å². The van der Waals surface area contributed by atoms with Crippen LogP contribution in [0.2, 0.25) is 0 Å². The molecular formula is C20H18N4O2. The van der Waals surface area contributed by atoms with E-state index in [9.17, 15) is 4.79 Å². The van der Waals surface area contributed by atoms with Crippen LogP contribution in [0.1, 0.15) is 41.5 Å². The summed E-state index contributed by atoms with van der Waals surface area (Å²) in [6, 6.07) is 11.3. The molecule has 0 saturated carbocycles. The van der Waals surface area contributed by atoms with Gasteiger partial charge in [-0.25, -0.2) is 4.98 Å². The van der Waals surface area contributed by atoms with Crippen molar-refractivity contribution in [2.24, 2.45) is 0 Å². The van der Waals surface area contributed by atoms with E-state index < -0.39 is 0 Å². The Morgan fingerprint density at radius 3 is 2.85 bits per heavy atom. The zero-order chi connectivity index (χ0) is 18.3. The van der Waals surface area contributed by atoms with Gasteiger partial charge >= 0.3 is 0 Å². The van der Waals surface area contributed by atoms with Crippen molar-refractivity contribution in [3.8, 4) is 0 Å². The van der Waals surface area contributed by atoms with Gasteiger partial charge < -0.3 is 9.84 Å². The van der Waals surface area contributed by atoms with E-state index in [0.29, 0.717) is 28.0 Å². The first-order valence-electron chi connectivity index (χ1n) is 8.46. The minimum absolute atomic E-state index is 0.170. The highest BCUT2D eigenvalue weighted by atomic mass is 16.5. The Labute approximate surface area is 150 Å². The molecule has 4 aromatic rings. The number of fused-ring (bicyclic) bond motifs is 2. The molecule has 1 aromatic carbocycles. The highest BCUT2D eigenvalue weighted by Gasteiger charge is 2.20. The highest BCUT2D eigenvalue weighted by molar-refractivity contribution is 6.12. The van der Waals surface area contributed by atoms with E-state index >= 15 is 0 Å². The van der Waals surface area contributed by atoms with E-state index in [2.05, 4.69) is 20.4 Å². The predicted octanol–water partition coefficient (Wildman–Crippen LogP) is 4.46. The number of carbonyl (C=O) groups is 1. The molecule has 0 bridgehead atoms. The molecule has 0 aliphatic carbocycles. The Morgan fingerprint density at radius 1 is 1.19 bits per heavy atom. The number of nitrogens with one attached hydrogen (secondary N) is 1. The summed E-state index contributed by atoms with van der Waals surface area (Å²) in [5, 5.41) is 8.54. The number of rotatable bonds is 3. The van der Waals surface area contributed by atoms with E-state index in [4.69, 9.17) is 4.52 Å². The molecule has 4 rings (SSSR count). The number of amides is 1. The SMILES string of the molecule is Cc1noc2nc(C(C)C)cc(C(=O)Nc3ccc4ncccc4c3)c12. The van der Waals surface area contributed by atoms with E-state index in [1.165, 1.54) is 0 Å². The van der Waals surface area contributed by atoms with Crippen LogP contribution in [0, 0.1) is 6.92 Å². The van der Waals surface area contributed by atoms with Crippen LogP contribution in [0.5, 0.6) is 0 Å². The van der Waals surface area contributed by atoms with Crippen molar-refractivity contribution < 1.29 is 9.32 Å². The molecule has 0 aliphatic heterocycles. The van der Waals surface area contributed by atoms with Gasteiger partial charge in [-0.1, -0.05) is 25.1 Å². The van der Waals surface area contributed by atoms with Gasteiger partial charge in [-0.3, -0.25) is 9.78 Å². The second kappa shape index (κ2) is 6.22.